The van der Waals surface area contributed by atoms with Gasteiger partial charge in [0.05, 0.1) is 10.6 Å². The van der Waals surface area contributed by atoms with Crippen LogP contribution in [0.4, 0.5) is 5.00 Å². The van der Waals surface area contributed by atoms with Crippen molar-refractivity contribution in [2.45, 2.75) is 33.1 Å². The van der Waals surface area contributed by atoms with Gasteiger partial charge in [-0.05, 0) is 55.9 Å². The lowest BCUT2D eigenvalue weighted by molar-refractivity contribution is -0.118. The molecule has 0 saturated heterocycles. The van der Waals surface area contributed by atoms with E-state index in [1.54, 1.807) is 6.07 Å². The number of nitriles is 1. The normalized spacial score (nSPS) is 12.6. The van der Waals surface area contributed by atoms with E-state index in [4.69, 9.17) is 16.3 Å². The molecular formula is C18H17ClN2O2S. The lowest BCUT2D eigenvalue weighted by Gasteiger charge is -2.11. The van der Waals surface area contributed by atoms with E-state index in [2.05, 4.69) is 11.4 Å². The van der Waals surface area contributed by atoms with Crippen molar-refractivity contribution in [2.24, 2.45) is 0 Å². The zero-order valence-corrected chi connectivity index (χ0v) is 15.1. The first-order chi connectivity index (χ1) is 11.5. The van der Waals surface area contributed by atoms with Gasteiger partial charge in [-0.15, -0.1) is 11.3 Å². The monoisotopic (exact) mass is 360 g/mol. The van der Waals surface area contributed by atoms with E-state index in [1.165, 1.54) is 16.2 Å². The topological polar surface area (TPSA) is 62.1 Å². The lowest BCUT2D eigenvalue weighted by Crippen LogP contribution is -2.20. The van der Waals surface area contributed by atoms with Gasteiger partial charge in [-0.25, -0.2) is 0 Å². The summed E-state index contributed by atoms with van der Waals surface area (Å²) < 4.78 is 5.59. The average Bonchev–Trinajstić information content (AvgIpc) is 3.06. The van der Waals surface area contributed by atoms with Crippen molar-refractivity contribution in [1.82, 2.24) is 0 Å². The van der Waals surface area contributed by atoms with Gasteiger partial charge in [-0.3, -0.25) is 4.79 Å². The van der Waals surface area contributed by atoms with Gasteiger partial charge < -0.3 is 10.1 Å². The largest absolute Gasteiger partial charge is 0.482 e. The first-order valence-corrected chi connectivity index (χ1v) is 8.93. The molecule has 1 heterocycles. The van der Waals surface area contributed by atoms with Crippen LogP contribution in [0.15, 0.2) is 12.1 Å². The number of ether oxygens (including phenoxy) is 1. The molecule has 0 fully saturated rings. The Balaban J connectivity index is 1.68. The van der Waals surface area contributed by atoms with E-state index in [0.29, 0.717) is 21.3 Å². The summed E-state index contributed by atoms with van der Waals surface area (Å²) in [5.41, 5.74) is 3.63. The molecule has 0 unspecified atom stereocenters. The minimum absolute atomic E-state index is 0.142. The number of benzene rings is 1. The number of carbonyl (C=O) groups excluding carboxylic acids is 1. The van der Waals surface area contributed by atoms with Gasteiger partial charge in [0.1, 0.15) is 16.8 Å². The molecule has 2 aromatic rings. The first-order valence-electron chi connectivity index (χ1n) is 7.73. The molecule has 0 atom stereocenters. The van der Waals surface area contributed by atoms with E-state index in [1.807, 2.05) is 19.9 Å². The predicted molar refractivity (Wildman–Crippen MR) is 96.1 cm³/mol. The number of amides is 1. The Labute approximate surface area is 150 Å². The standard InChI is InChI=1S/C18H17ClN2O2S/c1-10-6-11(2)17(14(19)7-10)23-9-16(22)21-18-13(8-20)12-4-3-5-15(12)24-18/h6-7H,3-5,9H2,1-2H3,(H,21,22). The van der Waals surface area contributed by atoms with Crippen LogP contribution in [0.3, 0.4) is 0 Å². The van der Waals surface area contributed by atoms with Gasteiger partial charge in [0, 0.05) is 4.88 Å². The van der Waals surface area contributed by atoms with Crippen LogP contribution in [0.1, 0.15) is 33.6 Å². The number of hydrogen-bond acceptors (Lipinski definition) is 4. The SMILES string of the molecule is Cc1cc(C)c(OCC(=O)Nc2sc3c(c2C#N)CCC3)c(Cl)c1. The number of carbonyl (C=O) groups is 1. The van der Waals surface area contributed by atoms with Crippen molar-refractivity contribution in [1.29, 1.82) is 5.26 Å². The first kappa shape index (κ1) is 16.8. The smallest absolute Gasteiger partial charge is 0.262 e. The van der Waals surface area contributed by atoms with Crippen LogP contribution >= 0.6 is 22.9 Å². The van der Waals surface area contributed by atoms with Gasteiger partial charge in [0.15, 0.2) is 6.61 Å². The Kier molecular flexibility index (Phi) is 4.79. The van der Waals surface area contributed by atoms with Gasteiger partial charge in [0.25, 0.3) is 5.91 Å². The molecule has 1 N–H and O–H groups in total. The van der Waals surface area contributed by atoms with Crippen LogP contribution in [0, 0.1) is 25.2 Å². The third-order valence-electron chi connectivity index (χ3n) is 4.01. The maximum atomic E-state index is 12.2. The molecule has 6 heteroatoms. The molecule has 1 aliphatic rings. The van der Waals surface area contributed by atoms with E-state index in [-0.39, 0.29) is 12.5 Å². The Bertz CT molecular complexity index is 828. The third-order valence-corrected chi connectivity index (χ3v) is 5.50. The minimum atomic E-state index is -0.289. The molecule has 1 aromatic heterocycles. The number of aryl methyl sites for hydroxylation is 3. The van der Waals surface area contributed by atoms with Gasteiger partial charge in [-0.1, -0.05) is 17.7 Å². The summed E-state index contributed by atoms with van der Waals surface area (Å²) in [6.45, 7) is 3.70. The summed E-state index contributed by atoms with van der Waals surface area (Å²) in [7, 11) is 0. The highest BCUT2D eigenvalue weighted by atomic mass is 35.5. The molecule has 1 aromatic carbocycles. The Morgan fingerprint density at radius 2 is 2.21 bits per heavy atom. The number of rotatable bonds is 4. The number of nitrogens with zero attached hydrogens (tertiary/aromatic N) is 1. The van der Waals surface area contributed by atoms with Crippen molar-refractivity contribution in [3.8, 4) is 11.8 Å². The maximum absolute atomic E-state index is 12.2. The Morgan fingerprint density at radius 1 is 1.42 bits per heavy atom. The highest BCUT2D eigenvalue weighted by Crippen LogP contribution is 2.38. The molecule has 0 spiro atoms. The molecule has 24 heavy (non-hydrogen) atoms. The second kappa shape index (κ2) is 6.84. The maximum Gasteiger partial charge on any atom is 0.262 e. The number of fused-ring (bicyclic) bond motifs is 1. The van der Waals surface area contributed by atoms with E-state index >= 15 is 0 Å². The summed E-state index contributed by atoms with van der Waals surface area (Å²) in [4.78, 5) is 13.4. The van der Waals surface area contributed by atoms with Crippen molar-refractivity contribution in [3.63, 3.8) is 0 Å². The van der Waals surface area contributed by atoms with Gasteiger partial charge in [0.2, 0.25) is 0 Å². The molecule has 0 bridgehead atoms. The Morgan fingerprint density at radius 3 is 2.92 bits per heavy atom. The summed E-state index contributed by atoms with van der Waals surface area (Å²) in [6, 6.07) is 5.97. The summed E-state index contributed by atoms with van der Waals surface area (Å²) in [5.74, 6) is 0.231. The van der Waals surface area contributed by atoms with Crippen LogP contribution in [-0.2, 0) is 17.6 Å². The summed E-state index contributed by atoms with van der Waals surface area (Å²) in [5, 5.41) is 13.3. The Hall–Kier alpha value is -2.03. The number of halogens is 1. The fourth-order valence-corrected chi connectivity index (χ4v) is 4.63. The lowest BCUT2D eigenvalue weighted by atomic mass is 10.1. The quantitative estimate of drug-likeness (QED) is 0.879. The van der Waals surface area contributed by atoms with Crippen LogP contribution in [0.25, 0.3) is 0 Å². The zero-order valence-electron chi connectivity index (χ0n) is 13.5. The third kappa shape index (κ3) is 3.26. The van der Waals surface area contributed by atoms with Gasteiger partial charge >= 0.3 is 0 Å². The predicted octanol–water partition coefficient (Wildman–Crippen LogP) is 4.40. The van der Waals surface area contributed by atoms with Crippen LogP contribution in [-0.4, -0.2) is 12.5 Å². The van der Waals surface area contributed by atoms with Gasteiger partial charge in [-0.2, -0.15) is 5.26 Å². The van der Waals surface area contributed by atoms with E-state index < -0.39 is 0 Å². The van der Waals surface area contributed by atoms with Crippen molar-refractivity contribution >= 4 is 33.8 Å². The van der Waals surface area contributed by atoms with E-state index in [0.717, 1.165) is 36.0 Å². The van der Waals surface area contributed by atoms with Crippen molar-refractivity contribution < 1.29 is 9.53 Å². The fraction of sp³-hybridized carbons (Fsp3) is 0.333. The molecule has 3 rings (SSSR count). The number of anilines is 1. The summed E-state index contributed by atoms with van der Waals surface area (Å²) in [6.07, 6.45) is 2.98. The molecule has 124 valence electrons. The molecule has 0 radical (unpaired) electrons. The highest BCUT2D eigenvalue weighted by molar-refractivity contribution is 7.16. The second-order valence-electron chi connectivity index (χ2n) is 5.90. The van der Waals surface area contributed by atoms with Crippen LogP contribution in [0.5, 0.6) is 5.75 Å². The fourth-order valence-electron chi connectivity index (χ4n) is 3.00. The number of thiophene rings is 1. The number of hydrogen-bond donors (Lipinski definition) is 1. The molecular weight excluding hydrogens is 344 g/mol. The van der Waals surface area contributed by atoms with E-state index in [9.17, 15) is 10.1 Å². The minimum Gasteiger partial charge on any atom is -0.482 e. The highest BCUT2D eigenvalue weighted by Gasteiger charge is 2.23. The molecule has 4 nitrogen and oxygen atoms in total. The molecule has 1 amide bonds. The molecule has 0 aliphatic heterocycles. The number of nitrogens with one attached hydrogen (secondary N) is 1. The van der Waals surface area contributed by atoms with Crippen molar-refractivity contribution in [2.75, 3.05) is 11.9 Å². The molecule has 0 saturated carbocycles. The zero-order chi connectivity index (χ0) is 17.3. The van der Waals surface area contributed by atoms with Crippen molar-refractivity contribution in [3.05, 3.63) is 44.3 Å². The average molecular weight is 361 g/mol. The molecule has 1 aliphatic carbocycles. The second-order valence-corrected chi connectivity index (χ2v) is 7.42. The van der Waals surface area contributed by atoms with Crippen LogP contribution in [0.2, 0.25) is 5.02 Å². The van der Waals surface area contributed by atoms with Crippen LogP contribution < -0.4 is 10.1 Å². The summed E-state index contributed by atoms with van der Waals surface area (Å²) >= 11 is 7.67.